The van der Waals surface area contributed by atoms with Crippen LogP contribution in [-0.2, 0) is 16.0 Å². The maximum Gasteiger partial charge on any atom is 0.282 e. The molecule has 0 bridgehead atoms. The van der Waals surface area contributed by atoms with Crippen molar-refractivity contribution in [3.8, 4) is 0 Å². The van der Waals surface area contributed by atoms with Crippen LogP contribution in [0.15, 0.2) is 48.2 Å². The molecule has 2 heterocycles. The Hall–Kier alpha value is -2.88. The third-order valence-corrected chi connectivity index (χ3v) is 6.54. The second kappa shape index (κ2) is 9.09. The number of carbonyl (C=O) groups is 2. The number of rotatable bonds is 6. The summed E-state index contributed by atoms with van der Waals surface area (Å²) in [6.07, 6.45) is 6.58. The highest BCUT2D eigenvalue weighted by Gasteiger charge is 2.42. The van der Waals surface area contributed by atoms with Gasteiger partial charge in [-0.3, -0.25) is 9.59 Å². The molecule has 2 aliphatic heterocycles. The molecule has 4 nitrogen and oxygen atoms in total. The molecule has 0 spiro atoms. The number of carbonyl (C=O) groups excluding carboxylic acids is 2. The molecule has 0 unspecified atom stereocenters. The molecule has 4 heteroatoms. The highest BCUT2D eigenvalue weighted by molar-refractivity contribution is 6.45. The first kappa shape index (κ1) is 21.4. The number of amides is 2. The summed E-state index contributed by atoms with van der Waals surface area (Å²) in [6.45, 7) is 7.94. The first-order valence-electron chi connectivity index (χ1n) is 11.6. The summed E-state index contributed by atoms with van der Waals surface area (Å²) in [7, 11) is 0. The van der Waals surface area contributed by atoms with Crippen molar-refractivity contribution in [3.05, 3.63) is 70.4 Å². The zero-order valence-electron chi connectivity index (χ0n) is 18.9. The molecule has 2 aromatic rings. The largest absolute Gasteiger partial charge is 0.366 e. The number of nitrogens with zero attached hydrogens (tertiary/aromatic N) is 2. The van der Waals surface area contributed by atoms with Gasteiger partial charge in [-0.1, -0.05) is 43.7 Å². The lowest BCUT2D eigenvalue weighted by Crippen LogP contribution is -2.37. The Bertz CT molecular complexity index is 1010. The van der Waals surface area contributed by atoms with Crippen LogP contribution in [0.1, 0.15) is 61.3 Å². The first-order chi connectivity index (χ1) is 15.0. The zero-order valence-corrected chi connectivity index (χ0v) is 18.9. The van der Waals surface area contributed by atoms with Crippen LogP contribution in [0.4, 0.5) is 5.69 Å². The zero-order chi connectivity index (χ0) is 22.0. The van der Waals surface area contributed by atoms with Gasteiger partial charge in [0.2, 0.25) is 0 Å². The van der Waals surface area contributed by atoms with Crippen molar-refractivity contribution in [2.45, 2.75) is 59.3 Å². The van der Waals surface area contributed by atoms with Gasteiger partial charge in [-0.05, 0) is 80.3 Å². The molecule has 0 saturated carbocycles. The number of anilines is 1. The van der Waals surface area contributed by atoms with Crippen molar-refractivity contribution < 1.29 is 9.59 Å². The average Bonchev–Trinajstić information content (AvgIpc) is 3.05. The SMILES string of the molecule is CCCCc1ccc(N2C(=O)C(c3ccc(C)c(C)c3)=C(N3CCCCC3)C2=O)cc1. The second-order valence-electron chi connectivity index (χ2n) is 8.79. The van der Waals surface area contributed by atoms with E-state index in [1.807, 2.05) is 49.4 Å². The number of hydrogen-bond donors (Lipinski definition) is 0. The molecule has 1 fully saturated rings. The molecule has 0 aromatic heterocycles. The van der Waals surface area contributed by atoms with Crippen LogP contribution < -0.4 is 4.90 Å². The van der Waals surface area contributed by atoms with E-state index in [-0.39, 0.29) is 11.8 Å². The maximum atomic E-state index is 13.6. The van der Waals surface area contributed by atoms with Gasteiger partial charge in [0.05, 0.1) is 11.3 Å². The molecule has 0 N–H and O–H groups in total. The minimum absolute atomic E-state index is 0.193. The number of likely N-dealkylation sites (tertiary alicyclic amines) is 1. The van der Waals surface area contributed by atoms with Gasteiger partial charge in [0.15, 0.2) is 0 Å². The van der Waals surface area contributed by atoms with E-state index in [0.717, 1.165) is 56.3 Å². The van der Waals surface area contributed by atoms with Crippen LogP contribution in [0.25, 0.3) is 5.57 Å². The Balaban J connectivity index is 1.74. The Kier molecular flexibility index (Phi) is 6.26. The standard InChI is InChI=1S/C27H32N2O2/c1-4-5-9-21-11-14-23(15-12-21)29-26(30)24(22-13-10-19(2)20(3)18-22)25(27(29)31)28-16-7-6-8-17-28/h10-15,18H,4-9,16-17H2,1-3H3. The molecule has 1 saturated heterocycles. The Morgan fingerprint density at radius 1 is 0.839 bits per heavy atom. The van der Waals surface area contributed by atoms with Gasteiger partial charge in [-0.15, -0.1) is 0 Å². The van der Waals surface area contributed by atoms with E-state index in [1.165, 1.54) is 22.4 Å². The minimum Gasteiger partial charge on any atom is -0.366 e. The van der Waals surface area contributed by atoms with E-state index in [0.29, 0.717) is 17.0 Å². The average molecular weight is 417 g/mol. The van der Waals surface area contributed by atoms with Crippen molar-refractivity contribution in [1.82, 2.24) is 4.90 Å². The number of imide groups is 1. The van der Waals surface area contributed by atoms with E-state index in [1.54, 1.807) is 0 Å². The monoisotopic (exact) mass is 416 g/mol. The Labute approximate surface area is 185 Å². The van der Waals surface area contributed by atoms with Crippen molar-refractivity contribution >= 4 is 23.1 Å². The van der Waals surface area contributed by atoms with Gasteiger partial charge < -0.3 is 4.90 Å². The molecular formula is C27H32N2O2. The third kappa shape index (κ3) is 4.16. The topological polar surface area (TPSA) is 40.6 Å². The molecule has 0 radical (unpaired) electrons. The lowest BCUT2D eigenvalue weighted by atomic mass is 9.98. The van der Waals surface area contributed by atoms with Crippen molar-refractivity contribution in [1.29, 1.82) is 0 Å². The van der Waals surface area contributed by atoms with Gasteiger partial charge in [0.1, 0.15) is 5.70 Å². The van der Waals surface area contributed by atoms with Crippen LogP contribution in [-0.4, -0.2) is 29.8 Å². The predicted octanol–water partition coefficient (Wildman–Crippen LogP) is 5.42. The molecule has 31 heavy (non-hydrogen) atoms. The second-order valence-corrected chi connectivity index (χ2v) is 8.79. The van der Waals surface area contributed by atoms with Gasteiger partial charge >= 0.3 is 0 Å². The van der Waals surface area contributed by atoms with Crippen LogP contribution in [0.5, 0.6) is 0 Å². The van der Waals surface area contributed by atoms with Crippen molar-refractivity contribution in [3.63, 3.8) is 0 Å². The maximum absolute atomic E-state index is 13.6. The number of unbranched alkanes of at least 4 members (excludes halogenated alkanes) is 1. The van der Waals surface area contributed by atoms with Gasteiger partial charge in [-0.2, -0.15) is 0 Å². The summed E-state index contributed by atoms with van der Waals surface area (Å²) in [5.74, 6) is -0.406. The molecular weight excluding hydrogens is 384 g/mol. The normalized spacial score (nSPS) is 17.1. The molecule has 4 rings (SSSR count). The quantitative estimate of drug-likeness (QED) is 0.591. The van der Waals surface area contributed by atoms with Crippen LogP contribution in [0, 0.1) is 13.8 Å². The van der Waals surface area contributed by atoms with Gasteiger partial charge in [0.25, 0.3) is 11.8 Å². The highest BCUT2D eigenvalue weighted by atomic mass is 16.2. The van der Waals surface area contributed by atoms with E-state index >= 15 is 0 Å². The molecule has 2 aromatic carbocycles. The minimum atomic E-state index is -0.213. The van der Waals surface area contributed by atoms with Gasteiger partial charge in [0, 0.05) is 13.1 Å². The van der Waals surface area contributed by atoms with E-state index in [9.17, 15) is 9.59 Å². The number of aryl methyl sites for hydroxylation is 3. The van der Waals surface area contributed by atoms with E-state index in [4.69, 9.17) is 0 Å². The number of hydrogen-bond acceptors (Lipinski definition) is 3. The summed E-state index contributed by atoms with van der Waals surface area (Å²) in [6, 6.07) is 14.0. The van der Waals surface area contributed by atoms with E-state index in [2.05, 4.69) is 18.7 Å². The molecule has 2 amide bonds. The van der Waals surface area contributed by atoms with Gasteiger partial charge in [-0.25, -0.2) is 4.90 Å². The van der Waals surface area contributed by atoms with Crippen LogP contribution in [0.2, 0.25) is 0 Å². The fourth-order valence-electron chi connectivity index (χ4n) is 4.51. The highest BCUT2D eigenvalue weighted by Crippen LogP contribution is 2.36. The summed E-state index contributed by atoms with van der Waals surface area (Å²) >= 11 is 0. The molecule has 2 aliphatic rings. The summed E-state index contributed by atoms with van der Waals surface area (Å²) in [5, 5.41) is 0. The number of benzene rings is 2. The van der Waals surface area contributed by atoms with E-state index < -0.39 is 0 Å². The summed E-state index contributed by atoms with van der Waals surface area (Å²) < 4.78 is 0. The smallest absolute Gasteiger partial charge is 0.282 e. The fourth-order valence-corrected chi connectivity index (χ4v) is 4.51. The Morgan fingerprint density at radius 3 is 2.19 bits per heavy atom. The third-order valence-electron chi connectivity index (χ3n) is 6.54. The van der Waals surface area contributed by atoms with Crippen LogP contribution >= 0.6 is 0 Å². The van der Waals surface area contributed by atoms with Crippen LogP contribution in [0.3, 0.4) is 0 Å². The molecule has 0 aliphatic carbocycles. The molecule has 0 atom stereocenters. The summed E-state index contributed by atoms with van der Waals surface area (Å²) in [5.41, 5.74) is 6.16. The lowest BCUT2D eigenvalue weighted by Gasteiger charge is -2.29. The molecule has 162 valence electrons. The summed E-state index contributed by atoms with van der Waals surface area (Å²) in [4.78, 5) is 30.8. The lowest BCUT2D eigenvalue weighted by molar-refractivity contribution is -0.120. The number of piperidine rings is 1. The first-order valence-corrected chi connectivity index (χ1v) is 11.6. The Morgan fingerprint density at radius 2 is 1.55 bits per heavy atom. The predicted molar refractivity (Wildman–Crippen MR) is 126 cm³/mol. The van der Waals surface area contributed by atoms with Crippen molar-refractivity contribution in [2.75, 3.05) is 18.0 Å². The fraction of sp³-hybridized carbons (Fsp3) is 0.407. The van der Waals surface area contributed by atoms with Crippen molar-refractivity contribution in [2.24, 2.45) is 0 Å².